The lowest BCUT2D eigenvalue weighted by molar-refractivity contribution is 0.170. The van der Waals surface area contributed by atoms with Crippen LogP contribution in [0.4, 0.5) is 0 Å². The number of rotatable bonds is 8. The summed E-state index contributed by atoms with van der Waals surface area (Å²) in [4.78, 5) is 2.18. The first-order chi connectivity index (χ1) is 9.66. The number of nitrogens with zero attached hydrogens (tertiary/aromatic N) is 1. The molecule has 1 unspecified atom stereocenters. The fraction of sp³-hybridized carbons (Fsp3) is 0.600. The van der Waals surface area contributed by atoms with Crippen LogP contribution in [0.1, 0.15) is 24.5 Å². The summed E-state index contributed by atoms with van der Waals surface area (Å²) in [5.74, 6) is 1.46. The molecule has 1 aliphatic rings. The highest BCUT2D eigenvalue weighted by atomic mass is 16.7. The van der Waals surface area contributed by atoms with Crippen molar-refractivity contribution in [2.75, 3.05) is 40.5 Å². The Morgan fingerprint density at radius 3 is 2.85 bits per heavy atom. The standard InChI is InChI=1S/C15H24N2O3/c1-17(2)8-4-3-7-16-10-13(18)12-5-6-14-15(9-12)20-11-19-14/h5-6,9,13,16,18H,3-4,7-8,10-11H2,1-2H3. The molecule has 1 aromatic carbocycles. The molecule has 112 valence electrons. The van der Waals surface area contributed by atoms with Gasteiger partial charge in [0.2, 0.25) is 6.79 Å². The van der Waals surface area contributed by atoms with Gasteiger partial charge in [-0.05, 0) is 57.7 Å². The summed E-state index contributed by atoms with van der Waals surface area (Å²) in [5, 5.41) is 13.4. The van der Waals surface area contributed by atoms with Crippen LogP contribution in [-0.4, -0.2) is 50.5 Å². The van der Waals surface area contributed by atoms with Gasteiger partial charge >= 0.3 is 0 Å². The summed E-state index contributed by atoms with van der Waals surface area (Å²) in [6.07, 6.45) is 1.77. The van der Waals surface area contributed by atoms with Crippen molar-refractivity contribution in [1.29, 1.82) is 0 Å². The molecule has 0 amide bonds. The van der Waals surface area contributed by atoms with Crippen LogP contribution in [0.25, 0.3) is 0 Å². The minimum absolute atomic E-state index is 0.263. The highest BCUT2D eigenvalue weighted by molar-refractivity contribution is 5.45. The lowest BCUT2D eigenvalue weighted by atomic mass is 10.1. The van der Waals surface area contributed by atoms with Crippen molar-refractivity contribution in [2.24, 2.45) is 0 Å². The van der Waals surface area contributed by atoms with Crippen molar-refractivity contribution < 1.29 is 14.6 Å². The molecular formula is C15H24N2O3. The number of hydrogen-bond acceptors (Lipinski definition) is 5. The fourth-order valence-electron chi connectivity index (χ4n) is 2.16. The van der Waals surface area contributed by atoms with E-state index in [1.807, 2.05) is 18.2 Å². The maximum atomic E-state index is 10.1. The molecule has 0 saturated carbocycles. The van der Waals surface area contributed by atoms with Crippen LogP contribution in [0.5, 0.6) is 11.5 Å². The second-order valence-corrected chi connectivity index (χ2v) is 5.34. The van der Waals surface area contributed by atoms with E-state index < -0.39 is 6.10 Å². The first-order valence-electron chi connectivity index (χ1n) is 7.10. The minimum atomic E-state index is -0.515. The fourth-order valence-corrected chi connectivity index (χ4v) is 2.16. The van der Waals surface area contributed by atoms with E-state index in [1.54, 1.807) is 0 Å². The van der Waals surface area contributed by atoms with Gasteiger partial charge in [-0.15, -0.1) is 0 Å². The third-order valence-electron chi connectivity index (χ3n) is 3.33. The Bertz CT molecular complexity index is 424. The van der Waals surface area contributed by atoms with Gasteiger partial charge in [0.25, 0.3) is 0 Å². The Morgan fingerprint density at radius 2 is 2.05 bits per heavy atom. The van der Waals surface area contributed by atoms with Crippen molar-refractivity contribution in [3.63, 3.8) is 0 Å². The molecular weight excluding hydrogens is 256 g/mol. The van der Waals surface area contributed by atoms with Gasteiger partial charge in [-0.1, -0.05) is 6.07 Å². The molecule has 5 nitrogen and oxygen atoms in total. The Morgan fingerprint density at radius 1 is 1.25 bits per heavy atom. The van der Waals surface area contributed by atoms with Crippen LogP contribution in [0.15, 0.2) is 18.2 Å². The van der Waals surface area contributed by atoms with Crippen LogP contribution in [0, 0.1) is 0 Å². The van der Waals surface area contributed by atoms with Crippen molar-refractivity contribution in [3.05, 3.63) is 23.8 Å². The van der Waals surface area contributed by atoms with Gasteiger partial charge in [-0.25, -0.2) is 0 Å². The van der Waals surface area contributed by atoms with Crippen LogP contribution in [0.2, 0.25) is 0 Å². The van der Waals surface area contributed by atoms with Crippen molar-refractivity contribution in [2.45, 2.75) is 18.9 Å². The third-order valence-corrected chi connectivity index (χ3v) is 3.33. The predicted octanol–water partition coefficient (Wildman–Crippen LogP) is 1.38. The number of ether oxygens (including phenoxy) is 2. The van der Waals surface area contributed by atoms with Gasteiger partial charge in [0.15, 0.2) is 11.5 Å². The summed E-state index contributed by atoms with van der Waals surface area (Å²) in [6.45, 7) is 2.85. The smallest absolute Gasteiger partial charge is 0.231 e. The highest BCUT2D eigenvalue weighted by Gasteiger charge is 2.16. The van der Waals surface area contributed by atoms with Gasteiger partial charge in [0.1, 0.15) is 0 Å². The van der Waals surface area contributed by atoms with Gasteiger partial charge in [0, 0.05) is 6.54 Å². The molecule has 0 radical (unpaired) electrons. The molecule has 2 rings (SSSR count). The van der Waals surface area contributed by atoms with Crippen LogP contribution < -0.4 is 14.8 Å². The number of aliphatic hydroxyl groups is 1. The molecule has 0 aromatic heterocycles. The van der Waals surface area contributed by atoms with Crippen LogP contribution >= 0.6 is 0 Å². The van der Waals surface area contributed by atoms with Crippen molar-refractivity contribution >= 4 is 0 Å². The van der Waals surface area contributed by atoms with E-state index in [1.165, 1.54) is 6.42 Å². The third kappa shape index (κ3) is 4.37. The second-order valence-electron chi connectivity index (χ2n) is 5.34. The van der Waals surface area contributed by atoms with E-state index >= 15 is 0 Å². The number of fused-ring (bicyclic) bond motifs is 1. The van der Waals surface area contributed by atoms with Crippen molar-refractivity contribution in [3.8, 4) is 11.5 Å². The quantitative estimate of drug-likeness (QED) is 0.705. The maximum Gasteiger partial charge on any atom is 0.231 e. The molecule has 20 heavy (non-hydrogen) atoms. The van der Waals surface area contributed by atoms with Crippen LogP contribution in [-0.2, 0) is 0 Å². The van der Waals surface area contributed by atoms with E-state index in [0.29, 0.717) is 12.3 Å². The number of aliphatic hydroxyl groups excluding tert-OH is 1. The Labute approximate surface area is 120 Å². The lowest BCUT2D eigenvalue weighted by Crippen LogP contribution is -2.23. The maximum absolute atomic E-state index is 10.1. The molecule has 1 aliphatic heterocycles. The van der Waals surface area contributed by atoms with Gasteiger partial charge < -0.3 is 24.8 Å². The first kappa shape index (κ1) is 15.1. The molecule has 1 atom stereocenters. The zero-order valence-corrected chi connectivity index (χ0v) is 12.3. The molecule has 0 aliphatic carbocycles. The van der Waals surface area contributed by atoms with Crippen LogP contribution in [0.3, 0.4) is 0 Å². The van der Waals surface area contributed by atoms with E-state index in [-0.39, 0.29) is 6.79 Å². The average Bonchev–Trinajstić information content (AvgIpc) is 2.89. The lowest BCUT2D eigenvalue weighted by Gasteiger charge is -2.13. The highest BCUT2D eigenvalue weighted by Crippen LogP contribution is 2.33. The van der Waals surface area contributed by atoms with E-state index in [9.17, 15) is 5.11 Å². The summed E-state index contributed by atoms with van der Waals surface area (Å²) < 4.78 is 10.6. The molecule has 2 N–H and O–H groups in total. The summed E-state index contributed by atoms with van der Waals surface area (Å²) in [5.41, 5.74) is 0.857. The van der Waals surface area contributed by atoms with E-state index in [2.05, 4.69) is 24.3 Å². The Kier molecular flexibility index (Phi) is 5.64. The largest absolute Gasteiger partial charge is 0.454 e. The molecule has 0 bridgehead atoms. The molecule has 0 fully saturated rings. The van der Waals surface area contributed by atoms with Gasteiger partial charge in [-0.3, -0.25) is 0 Å². The SMILES string of the molecule is CN(C)CCCCNCC(O)c1ccc2c(c1)OCO2. The van der Waals surface area contributed by atoms with Crippen molar-refractivity contribution in [1.82, 2.24) is 10.2 Å². The minimum Gasteiger partial charge on any atom is -0.454 e. The molecule has 0 spiro atoms. The molecule has 0 saturated heterocycles. The van der Waals surface area contributed by atoms with Gasteiger partial charge in [-0.2, -0.15) is 0 Å². The molecule has 5 heteroatoms. The average molecular weight is 280 g/mol. The second kappa shape index (κ2) is 7.47. The van der Waals surface area contributed by atoms with E-state index in [4.69, 9.17) is 9.47 Å². The molecule has 1 heterocycles. The predicted molar refractivity (Wildman–Crippen MR) is 78.2 cm³/mol. The Balaban J connectivity index is 1.68. The topological polar surface area (TPSA) is 54.0 Å². The summed E-state index contributed by atoms with van der Waals surface area (Å²) >= 11 is 0. The zero-order chi connectivity index (χ0) is 14.4. The Hall–Kier alpha value is -1.30. The number of nitrogens with one attached hydrogen (secondary N) is 1. The molecule has 1 aromatic rings. The van der Waals surface area contributed by atoms with E-state index in [0.717, 1.165) is 30.8 Å². The summed E-state index contributed by atoms with van der Waals surface area (Å²) in [7, 11) is 4.16. The number of unbranched alkanes of at least 4 members (excludes halogenated alkanes) is 1. The number of benzene rings is 1. The van der Waals surface area contributed by atoms with Gasteiger partial charge in [0.05, 0.1) is 6.10 Å². The monoisotopic (exact) mass is 280 g/mol. The summed E-state index contributed by atoms with van der Waals surface area (Å²) in [6, 6.07) is 5.57. The zero-order valence-electron chi connectivity index (χ0n) is 12.3. The number of hydrogen-bond donors (Lipinski definition) is 2. The first-order valence-corrected chi connectivity index (χ1v) is 7.10. The normalized spacial score (nSPS) is 14.8.